The molecule has 0 spiro atoms. The Labute approximate surface area is 102 Å². The number of halogens is 1. The van der Waals surface area contributed by atoms with Gasteiger partial charge in [-0.25, -0.2) is 0 Å². The average molecular weight is 272 g/mol. The molecule has 2 heteroatoms. The standard InChI is InChI=1S/C11H16BrN.C2H6/c1-7-5-8(11(2,3)4)9(12)6-10(7)13;1-2/h5-6H,13H2,1-4H3;1-2H3. The largest absolute Gasteiger partial charge is 0.398 e. The fourth-order valence-electron chi connectivity index (χ4n) is 1.27. The molecule has 1 nitrogen and oxygen atoms in total. The SMILES string of the molecule is CC.Cc1cc(C(C)(C)C)c(Br)cc1N. The maximum Gasteiger partial charge on any atom is 0.0355 e. The van der Waals surface area contributed by atoms with Crippen molar-refractivity contribution in [2.45, 2.75) is 47.0 Å². The first-order chi connectivity index (χ1) is 6.82. The van der Waals surface area contributed by atoms with Gasteiger partial charge in [0.25, 0.3) is 0 Å². The van der Waals surface area contributed by atoms with Crippen LogP contribution in [0.3, 0.4) is 0 Å². The van der Waals surface area contributed by atoms with E-state index in [0.29, 0.717) is 0 Å². The minimum Gasteiger partial charge on any atom is -0.398 e. The molecule has 0 aromatic heterocycles. The number of rotatable bonds is 0. The maximum absolute atomic E-state index is 5.80. The van der Waals surface area contributed by atoms with Crippen LogP contribution in [0.5, 0.6) is 0 Å². The van der Waals surface area contributed by atoms with Crippen LogP contribution >= 0.6 is 15.9 Å². The summed E-state index contributed by atoms with van der Waals surface area (Å²) in [7, 11) is 0. The smallest absolute Gasteiger partial charge is 0.0355 e. The van der Waals surface area contributed by atoms with Gasteiger partial charge in [-0.1, -0.05) is 56.6 Å². The van der Waals surface area contributed by atoms with Crippen molar-refractivity contribution >= 4 is 21.6 Å². The number of nitrogens with two attached hydrogens (primary N) is 1. The molecule has 0 saturated carbocycles. The Morgan fingerprint density at radius 1 is 1.13 bits per heavy atom. The van der Waals surface area contributed by atoms with Crippen molar-refractivity contribution in [2.75, 3.05) is 5.73 Å². The fraction of sp³-hybridized carbons (Fsp3) is 0.538. The van der Waals surface area contributed by atoms with Crippen molar-refractivity contribution in [2.24, 2.45) is 0 Å². The van der Waals surface area contributed by atoms with Gasteiger partial charge >= 0.3 is 0 Å². The molecule has 0 atom stereocenters. The zero-order chi connectivity index (χ0) is 12.2. The van der Waals surface area contributed by atoms with Crippen molar-refractivity contribution in [3.8, 4) is 0 Å². The van der Waals surface area contributed by atoms with Crippen molar-refractivity contribution in [1.82, 2.24) is 0 Å². The minimum atomic E-state index is 0.164. The molecule has 0 amide bonds. The van der Waals surface area contributed by atoms with Crippen LogP contribution in [0.15, 0.2) is 16.6 Å². The lowest BCUT2D eigenvalue weighted by Crippen LogP contribution is -2.12. The van der Waals surface area contributed by atoms with Gasteiger partial charge in [0.15, 0.2) is 0 Å². The molecule has 1 aromatic carbocycles. The summed E-state index contributed by atoms with van der Waals surface area (Å²) in [5.41, 5.74) is 9.27. The van der Waals surface area contributed by atoms with Crippen LogP contribution < -0.4 is 5.73 Å². The van der Waals surface area contributed by atoms with Crippen molar-refractivity contribution < 1.29 is 0 Å². The van der Waals surface area contributed by atoms with Crippen LogP contribution in [0.25, 0.3) is 0 Å². The van der Waals surface area contributed by atoms with E-state index in [1.807, 2.05) is 26.8 Å². The van der Waals surface area contributed by atoms with E-state index in [0.717, 1.165) is 15.7 Å². The monoisotopic (exact) mass is 271 g/mol. The molecule has 1 aromatic rings. The minimum absolute atomic E-state index is 0.164. The van der Waals surface area contributed by atoms with E-state index in [2.05, 4.69) is 42.8 Å². The molecule has 0 aliphatic carbocycles. The molecule has 1 rings (SSSR count). The third-order valence-electron chi connectivity index (χ3n) is 2.16. The summed E-state index contributed by atoms with van der Waals surface area (Å²) in [6.07, 6.45) is 0. The summed E-state index contributed by atoms with van der Waals surface area (Å²) < 4.78 is 1.10. The Hall–Kier alpha value is -0.500. The molecule has 0 radical (unpaired) electrons. The topological polar surface area (TPSA) is 26.0 Å². The maximum atomic E-state index is 5.80. The van der Waals surface area contributed by atoms with Gasteiger partial charge in [0, 0.05) is 10.2 Å². The summed E-state index contributed by atoms with van der Waals surface area (Å²) in [6.45, 7) is 12.6. The van der Waals surface area contributed by atoms with E-state index in [1.54, 1.807) is 0 Å². The molecular weight excluding hydrogens is 250 g/mol. The number of benzene rings is 1. The molecule has 2 N–H and O–H groups in total. The number of nitrogen functional groups attached to an aromatic ring is 1. The first-order valence-corrected chi connectivity index (χ1v) is 6.18. The van der Waals surface area contributed by atoms with E-state index < -0.39 is 0 Å². The van der Waals surface area contributed by atoms with Crippen LogP contribution in [0.1, 0.15) is 45.7 Å². The van der Waals surface area contributed by atoms with Gasteiger partial charge in [-0.2, -0.15) is 0 Å². The van der Waals surface area contributed by atoms with E-state index >= 15 is 0 Å². The van der Waals surface area contributed by atoms with E-state index in [4.69, 9.17) is 5.73 Å². The molecule has 0 aliphatic rings. The van der Waals surface area contributed by atoms with Gasteiger partial charge in [0.1, 0.15) is 0 Å². The van der Waals surface area contributed by atoms with Crippen molar-refractivity contribution in [3.05, 3.63) is 27.7 Å². The number of hydrogen-bond acceptors (Lipinski definition) is 1. The lowest BCUT2D eigenvalue weighted by molar-refractivity contribution is 0.587. The van der Waals surface area contributed by atoms with Gasteiger partial charge in [-0.3, -0.25) is 0 Å². The molecule has 86 valence electrons. The zero-order valence-corrected chi connectivity index (χ0v) is 12.2. The number of hydrogen-bond donors (Lipinski definition) is 1. The van der Waals surface area contributed by atoms with Gasteiger partial charge < -0.3 is 5.73 Å². The summed E-state index contributed by atoms with van der Waals surface area (Å²) >= 11 is 3.54. The molecule has 0 heterocycles. The van der Waals surface area contributed by atoms with Gasteiger partial charge in [-0.15, -0.1) is 0 Å². The molecular formula is C13H22BrN. The third-order valence-corrected chi connectivity index (χ3v) is 2.82. The Kier molecular flexibility index (Phi) is 5.36. The molecule has 15 heavy (non-hydrogen) atoms. The van der Waals surface area contributed by atoms with Crippen LogP contribution in [0.4, 0.5) is 5.69 Å². The highest BCUT2D eigenvalue weighted by Gasteiger charge is 2.17. The van der Waals surface area contributed by atoms with Gasteiger partial charge in [0.05, 0.1) is 0 Å². The molecule has 0 fully saturated rings. The highest BCUT2D eigenvalue weighted by molar-refractivity contribution is 9.10. The quantitative estimate of drug-likeness (QED) is 0.683. The lowest BCUT2D eigenvalue weighted by Gasteiger charge is -2.22. The highest BCUT2D eigenvalue weighted by Crippen LogP contribution is 2.32. The molecule has 0 bridgehead atoms. The van der Waals surface area contributed by atoms with Crippen LogP contribution in [-0.4, -0.2) is 0 Å². The number of aryl methyl sites for hydroxylation is 1. The first-order valence-electron chi connectivity index (χ1n) is 5.38. The van der Waals surface area contributed by atoms with Crippen molar-refractivity contribution in [3.63, 3.8) is 0 Å². The fourth-order valence-corrected chi connectivity index (χ4v) is 2.23. The van der Waals surface area contributed by atoms with Crippen LogP contribution in [-0.2, 0) is 5.41 Å². The van der Waals surface area contributed by atoms with Gasteiger partial charge in [0.2, 0.25) is 0 Å². The van der Waals surface area contributed by atoms with E-state index in [9.17, 15) is 0 Å². The second-order valence-electron chi connectivity index (χ2n) is 4.44. The van der Waals surface area contributed by atoms with Gasteiger partial charge in [-0.05, 0) is 29.5 Å². The average Bonchev–Trinajstić information content (AvgIpc) is 2.13. The predicted octanol–water partition coefficient (Wildman–Crippen LogP) is 4.66. The first kappa shape index (κ1) is 14.5. The van der Waals surface area contributed by atoms with Crippen LogP contribution in [0.2, 0.25) is 0 Å². The van der Waals surface area contributed by atoms with E-state index in [1.165, 1.54) is 5.56 Å². The number of anilines is 1. The highest BCUT2D eigenvalue weighted by atomic mass is 79.9. The summed E-state index contributed by atoms with van der Waals surface area (Å²) in [4.78, 5) is 0. The Morgan fingerprint density at radius 2 is 1.60 bits per heavy atom. The molecule has 0 aliphatic heterocycles. The Bertz CT molecular complexity index is 324. The zero-order valence-electron chi connectivity index (χ0n) is 10.6. The normalized spacial score (nSPS) is 10.6. The Morgan fingerprint density at radius 3 is 2.00 bits per heavy atom. The summed E-state index contributed by atoms with van der Waals surface area (Å²) in [5, 5.41) is 0. The summed E-state index contributed by atoms with van der Waals surface area (Å²) in [6, 6.07) is 4.13. The Balaban J connectivity index is 0.000000921. The second kappa shape index (κ2) is 5.55. The second-order valence-corrected chi connectivity index (χ2v) is 5.29. The summed E-state index contributed by atoms with van der Waals surface area (Å²) in [5.74, 6) is 0. The molecule has 0 unspecified atom stereocenters. The van der Waals surface area contributed by atoms with Crippen LogP contribution in [0, 0.1) is 6.92 Å². The molecule has 0 saturated heterocycles. The predicted molar refractivity (Wildman–Crippen MR) is 73.3 cm³/mol. The third kappa shape index (κ3) is 3.86. The lowest BCUT2D eigenvalue weighted by atomic mass is 9.86. The van der Waals surface area contributed by atoms with E-state index in [-0.39, 0.29) is 5.41 Å². The van der Waals surface area contributed by atoms with Crippen molar-refractivity contribution in [1.29, 1.82) is 0 Å².